The molecule has 0 amide bonds. The normalized spacial score (nSPS) is 12.7. The van der Waals surface area contributed by atoms with Crippen LogP contribution in [0.15, 0.2) is 15.9 Å². The maximum atomic E-state index is 11.7. The van der Waals surface area contributed by atoms with Gasteiger partial charge in [0.2, 0.25) is 0 Å². The minimum absolute atomic E-state index is 0.0689. The summed E-state index contributed by atoms with van der Waals surface area (Å²) in [7, 11) is 0. The number of ether oxygens (including phenoxy) is 1. The second-order valence-electron chi connectivity index (χ2n) is 3.94. The predicted molar refractivity (Wildman–Crippen MR) is 71.2 cm³/mol. The molecule has 0 aliphatic carbocycles. The van der Waals surface area contributed by atoms with Crippen LogP contribution in [0.5, 0.6) is 0 Å². The van der Waals surface area contributed by atoms with Crippen LogP contribution in [-0.4, -0.2) is 19.0 Å². The monoisotopic (exact) mass is 304 g/mol. The van der Waals surface area contributed by atoms with Crippen molar-refractivity contribution in [2.75, 3.05) is 13.2 Å². The summed E-state index contributed by atoms with van der Waals surface area (Å²) in [6.07, 6.45) is 2.31. The van der Waals surface area contributed by atoms with Crippen LogP contribution in [0.4, 0.5) is 0 Å². The average Bonchev–Trinajstić information content (AvgIpc) is 2.65. The highest BCUT2D eigenvalue weighted by molar-refractivity contribution is 9.11. The molecule has 0 radical (unpaired) electrons. The Bertz CT molecular complexity index is 336. The number of carbonyl (C=O) groups excluding carboxylic acids is 1. The molecule has 4 heteroatoms. The van der Waals surface area contributed by atoms with Crippen molar-refractivity contribution in [1.82, 2.24) is 0 Å². The van der Waals surface area contributed by atoms with Crippen molar-refractivity contribution in [1.29, 1.82) is 0 Å². The van der Waals surface area contributed by atoms with Crippen LogP contribution < -0.4 is 0 Å². The fourth-order valence-corrected chi connectivity index (χ4v) is 2.77. The number of ketones is 1. The van der Waals surface area contributed by atoms with E-state index in [2.05, 4.69) is 29.8 Å². The molecule has 1 aromatic rings. The van der Waals surface area contributed by atoms with Gasteiger partial charge in [0.15, 0.2) is 5.78 Å². The number of halogens is 1. The third kappa shape index (κ3) is 4.76. The van der Waals surface area contributed by atoms with Gasteiger partial charge in [0, 0.05) is 6.61 Å². The Labute approximate surface area is 109 Å². The van der Waals surface area contributed by atoms with E-state index in [4.69, 9.17) is 4.74 Å². The van der Waals surface area contributed by atoms with Crippen molar-refractivity contribution in [3.63, 3.8) is 0 Å². The topological polar surface area (TPSA) is 26.3 Å². The molecule has 0 aliphatic rings. The van der Waals surface area contributed by atoms with Gasteiger partial charge in [0.25, 0.3) is 0 Å². The van der Waals surface area contributed by atoms with Crippen molar-refractivity contribution in [2.24, 2.45) is 5.92 Å². The van der Waals surface area contributed by atoms with Crippen LogP contribution in [0.2, 0.25) is 0 Å². The lowest BCUT2D eigenvalue weighted by Crippen LogP contribution is -2.12. The maximum absolute atomic E-state index is 11.7. The Morgan fingerprint density at radius 2 is 2.31 bits per heavy atom. The lowest BCUT2D eigenvalue weighted by Gasteiger charge is -2.09. The number of hydrogen-bond acceptors (Lipinski definition) is 3. The third-order valence-corrected chi connectivity index (χ3v) is 3.93. The van der Waals surface area contributed by atoms with Gasteiger partial charge in [-0.15, -0.1) is 11.3 Å². The van der Waals surface area contributed by atoms with Crippen molar-refractivity contribution in [3.8, 4) is 0 Å². The van der Waals surface area contributed by atoms with Gasteiger partial charge < -0.3 is 4.74 Å². The molecule has 2 nitrogen and oxygen atoms in total. The summed E-state index contributed by atoms with van der Waals surface area (Å²) in [4.78, 5) is 12.4. The molecular formula is C12H17BrO2S. The van der Waals surface area contributed by atoms with Crippen LogP contribution in [0.3, 0.4) is 0 Å². The Balaban J connectivity index is 2.25. The minimum Gasteiger partial charge on any atom is -0.373 e. The molecule has 0 saturated carbocycles. The molecule has 1 heterocycles. The van der Waals surface area contributed by atoms with Crippen molar-refractivity contribution in [3.05, 3.63) is 20.8 Å². The van der Waals surface area contributed by atoms with Crippen LogP contribution in [0.25, 0.3) is 0 Å². The van der Waals surface area contributed by atoms with E-state index < -0.39 is 0 Å². The lowest BCUT2D eigenvalue weighted by atomic mass is 10.1. The molecule has 0 aliphatic heterocycles. The van der Waals surface area contributed by atoms with Crippen LogP contribution in [0, 0.1) is 5.92 Å². The van der Waals surface area contributed by atoms with E-state index in [1.165, 1.54) is 11.3 Å². The summed E-state index contributed by atoms with van der Waals surface area (Å²) in [5.41, 5.74) is 0. The highest BCUT2D eigenvalue weighted by Crippen LogP contribution is 2.22. The van der Waals surface area contributed by atoms with E-state index in [1.54, 1.807) is 0 Å². The molecule has 0 fully saturated rings. The maximum Gasteiger partial charge on any atom is 0.198 e. The molecule has 90 valence electrons. The first-order valence-electron chi connectivity index (χ1n) is 5.49. The van der Waals surface area contributed by atoms with E-state index >= 15 is 0 Å². The molecule has 0 N–H and O–H groups in total. The van der Waals surface area contributed by atoms with Gasteiger partial charge in [-0.1, -0.05) is 20.3 Å². The van der Waals surface area contributed by atoms with Crippen LogP contribution in [-0.2, 0) is 4.74 Å². The van der Waals surface area contributed by atoms with Gasteiger partial charge in [-0.05, 0) is 40.4 Å². The van der Waals surface area contributed by atoms with Gasteiger partial charge in [-0.2, -0.15) is 0 Å². The van der Waals surface area contributed by atoms with Crippen LogP contribution in [0.1, 0.15) is 36.4 Å². The van der Waals surface area contributed by atoms with Crippen LogP contribution >= 0.6 is 27.3 Å². The summed E-state index contributed by atoms with van der Waals surface area (Å²) in [6.45, 7) is 5.17. The molecule has 1 rings (SSSR count). The molecular weight excluding hydrogens is 288 g/mol. The number of Topliss-reactive ketones (excluding diaryl/α,β-unsaturated/α-hetero) is 1. The number of rotatable bonds is 7. The third-order valence-electron chi connectivity index (χ3n) is 2.27. The Kier molecular flexibility index (Phi) is 6.24. The summed E-state index contributed by atoms with van der Waals surface area (Å²) in [6, 6.07) is 3.72. The SMILES string of the molecule is CCCC(C)COCC(=O)c1ccc(Br)s1. The van der Waals surface area contributed by atoms with E-state index in [0.717, 1.165) is 21.5 Å². The number of carbonyl (C=O) groups is 1. The smallest absolute Gasteiger partial charge is 0.198 e. The van der Waals surface area contributed by atoms with E-state index in [0.29, 0.717) is 12.5 Å². The highest BCUT2D eigenvalue weighted by Gasteiger charge is 2.09. The quantitative estimate of drug-likeness (QED) is 0.708. The molecule has 1 atom stereocenters. The second kappa shape index (κ2) is 7.20. The molecule has 1 unspecified atom stereocenters. The zero-order valence-corrected chi connectivity index (χ0v) is 12.1. The van der Waals surface area contributed by atoms with E-state index in [9.17, 15) is 4.79 Å². The molecule has 1 aromatic heterocycles. The highest BCUT2D eigenvalue weighted by atomic mass is 79.9. The van der Waals surface area contributed by atoms with Crippen molar-refractivity contribution < 1.29 is 9.53 Å². The van der Waals surface area contributed by atoms with Gasteiger partial charge >= 0.3 is 0 Å². The molecule has 0 aromatic carbocycles. The number of thiophene rings is 1. The number of hydrogen-bond donors (Lipinski definition) is 0. The zero-order valence-electron chi connectivity index (χ0n) is 9.66. The molecule has 0 spiro atoms. The standard InChI is InChI=1S/C12H17BrO2S/c1-3-4-9(2)7-15-8-10(14)11-5-6-12(13)16-11/h5-6,9H,3-4,7-8H2,1-2H3. The zero-order chi connectivity index (χ0) is 12.0. The fraction of sp³-hybridized carbons (Fsp3) is 0.583. The molecule has 0 bridgehead atoms. The first kappa shape index (κ1) is 13.9. The Hall–Kier alpha value is -0.190. The minimum atomic E-state index is 0.0689. The molecule has 0 saturated heterocycles. The second-order valence-corrected chi connectivity index (χ2v) is 6.40. The van der Waals surface area contributed by atoms with E-state index in [-0.39, 0.29) is 12.4 Å². The first-order valence-corrected chi connectivity index (χ1v) is 7.10. The van der Waals surface area contributed by atoms with Crippen molar-refractivity contribution >= 4 is 33.0 Å². The summed E-state index contributed by atoms with van der Waals surface area (Å²) in [5.74, 6) is 0.604. The van der Waals surface area contributed by atoms with E-state index in [1.807, 2.05) is 12.1 Å². The average molecular weight is 305 g/mol. The van der Waals surface area contributed by atoms with Gasteiger partial charge in [0.05, 0.1) is 8.66 Å². The summed E-state index contributed by atoms with van der Waals surface area (Å²) >= 11 is 4.79. The largest absolute Gasteiger partial charge is 0.373 e. The van der Waals surface area contributed by atoms with Gasteiger partial charge in [0.1, 0.15) is 6.61 Å². The lowest BCUT2D eigenvalue weighted by molar-refractivity contribution is 0.0687. The van der Waals surface area contributed by atoms with Gasteiger partial charge in [-0.25, -0.2) is 0 Å². The Morgan fingerprint density at radius 3 is 2.88 bits per heavy atom. The van der Waals surface area contributed by atoms with Crippen molar-refractivity contribution in [2.45, 2.75) is 26.7 Å². The summed E-state index contributed by atoms with van der Waals surface area (Å²) in [5, 5.41) is 0. The predicted octanol–water partition coefficient (Wildman–Crippen LogP) is 4.15. The summed E-state index contributed by atoms with van der Waals surface area (Å²) < 4.78 is 6.40. The Morgan fingerprint density at radius 1 is 1.56 bits per heavy atom. The molecule has 16 heavy (non-hydrogen) atoms. The van der Waals surface area contributed by atoms with Gasteiger partial charge in [-0.3, -0.25) is 4.79 Å². The first-order chi connectivity index (χ1) is 7.63. The fourth-order valence-electron chi connectivity index (χ4n) is 1.46.